The van der Waals surface area contributed by atoms with Gasteiger partial charge >= 0.3 is 0 Å². The monoisotopic (exact) mass is 358 g/mol. The molecule has 0 fully saturated rings. The minimum absolute atomic E-state index is 0.0250. The van der Waals surface area contributed by atoms with Crippen LogP contribution in [0.5, 0.6) is 0 Å². The van der Waals surface area contributed by atoms with Crippen LogP contribution in [0, 0.1) is 0 Å². The molecule has 0 saturated heterocycles. The number of fused-ring (bicyclic) bond motifs is 1. The summed E-state index contributed by atoms with van der Waals surface area (Å²) in [5.41, 5.74) is 3.71. The van der Waals surface area contributed by atoms with Crippen LogP contribution in [0.2, 0.25) is 0 Å². The topological polar surface area (TPSA) is 75.3 Å². The Labute approximate surface area is 148 Å². The minimum Gasteiger partial charge on any atom is -0.326 e. The summed E-state index contributed by atoms with van der Waals surface area (Å²) in [6.45, 7) is 2.33. The SMILES string of the molecule is CCc1ccc(CNS(=O)(=O)c2ccc3c(c2)CCCC(=O)N3)cc1. The maximum Gasteiger partial charge on any atom is 0.240 e. The summed E-state index contributed by atoms with van der Waals surface area (Å²) in [6.07, 6.45) is 2.83. The number of aryl methyl sites for hydroxylation is 2. The van der Waals surface area contributed by atoms with Crippen molar-refractivity contribution in [2.75, 3.05) is 5.32 Å². The lowest BCUT2D eigenvalue weighted by atomic mass is 10.1. The fourth-order valence-corrected chi connectivity index (χ4v) is 3.94. The van der Waals surface area contributed by atoms with Crippen LogP contribution in [0.3, 0.4) is 0 Å². The molecule has 1 aliphatic heterocycles. The van der Waals surface area contributed by atoms with E-state index >= 15 is 0 Å². The molecule has 0 bridgehead atoms. The average Bonchev–Trinajstić information content (AvgIpc) is 2.80. The second-order valence-electron chi connectivity index (χ2n) is 6.22. The highest BCUT2D eigenvalue weighted by atomic mass is 32.2. The lowest BCUT2D eigenvalue weighted by Crippen LogP contribution is -2.23. The summed E-state index contributed by atoms with van der Waals surface area (Å²) in [6, 6.07) is 12.8. The molecule has 0 unspecified atom stereocenters. The molecule has 25 heavy (non-hydrogen) atoms. The third-order valence-electron chi connectivity index (χ3n) is 4.41. The van der Waals surface area contributed by atoms with E-state index in [9.17, 15) is 13.2 Å². The van der Waals surface area contributed by atoms with Crippen LogP contribution in [-0.4, -0.2) is 14.3 Å². The third kappa shape index (κ3) is 4.27. The van der Waals surface area contributed by atoms with Gasteiger partial charge < -0.3 is 5.32 Å². The van der Waals surface area contributed by atoms with Gasteiger partial charge in [-0.25, -0.2) is 13.1 Å². The van der Waals surface area contributed by atoms with Crippen molar-refractivity contribution in [2.45, 2.75) is 44.0 Å². The Morgan fingerprint density at radius 1 is 1.04 bits per heavy atom. The van der Waals surface area contributed by atoms with Gasteiger partial charge in [-0.05, 0) is 54.2 Å². The second-order valence-corrected chi connectivity index (χ2v) is 7.98. The maximum absolute atomic E-state index is 12.6. The van der Waals surface area contributed by atoms with Crippen LogP contribution in [0.15, 0.2) is 47.4 Å². The molecule has 1 aliphatic rings. The molecule has 2 N–H and O–H groups in total. The number of benzene rings is 2. The van der Waals surface area contributed by atoms with E-state index in [1.807, 2.05) is 24.3 Å². The van der Waals surface area contributed by atoms with E-state index in [0.29, 0.717) is 18.5 Å². The van der Waals surface area contributed by atoms with Gasteiger partial charge in [0.15, 0.2) is 0 Å². The highest BCUT2D eigenvalue weighted by molar-refractivity contribution is 7.89. The van der Waals surface area contributed by atoms with Crippen molar-refractivity contribution in [1.29, 1.82) is 0 Å². The molecule has 0 aliphatic carbocycles. The highest BCUT2D eigenvalue weighted by Crippen LogP contribution is 2.25. The van der Waals surface area contributed by atoms with E-state index in [4.69, 9.17) is 0 Å². The number of carbonyl (C=O) groups excluding carboxylic acids is 1. The van der Waals surface area contributed by atoms with E-state index in [1.165, 1.54) is 11.6 Å². The van der Waals surface area contributed by atoms with Crippen LogP contribution < -0.4 is 10.0 Å². The number of amides is 1. The lowest BCUT2D eigenvalue weighted by Gasteiger charge is -2.11. The summed E-state index contributed by atoms with van der Waals surface area (Å²) < 4.78 is 27.8. The van der Waals surface area contributed by atoms with Crippen LogP contribution >= 0.6 is 0 Å². The van der Waals surface area contributed by atoms with Crippen molar-refractivity contribution in [3.05, 3.63) is 59.2 Å². The minimum atomic E-state index is -3.60. The molecule has 0 atom stereocenters. The Morgan fingerprint density at radius 2 is 1.76 bits per heavy atom. The van der Waals surface area contributed by atoms with Gasteiger partial charge in [0.2, 0.25) is 15.9 Å². The molecule has 132 valence electrons. The van der Waals surface area contributed by atoms with Crippen LogP contribution in [-0.2, 0) is 34.2 Å². The second kappa shape index (κ2) is 7.37. The highest BCUT2D eigenvalue weighted by Gasteiger charge is 2.18. The number of carbonyl (C=O) groups is 1. The van der Waals surface area contributed by atoms with Crippen molar-refractivity contribution >= 4 is 21.6 Å². The van der Waals surface area contributed by atoms with Gasteiger partial charge in [0.1, 0.15) is 0 Å². The third-order valence-corrected chi connectivity index (χ3v) is 5.81. The number of anilines is 1. The van der Waals surface area contributed by atoms with E-state index in [1.54, 1.807) is 12.1 Å². The fourth-order valence-electron chi connectivity index (χ4n) is 2.87. The first-order valence-corrected chi connectivity index (χ1v) is 9.96. The van der Waals surface area contributed by atoms with Gasteiger partial charge in [0, 0.05) is 18.7 Å². The molecular weight excluding hydrogens is 336 g/mol. The predicted octanol–water partition coefficient (Wildman–Crippen LogP) is 3.00. The first-order valence-electron chi connectivity index (χ1n) is 8.48. The molecule has 5 nitrogen and oxygen atoms in total. The molecule has 1 heterocycles. The molecule has 0 aromatic heterocycles. The standard InChI is InChI=1S/C19H22N2O3S/c1-2-14-6-8-15(9-7-14)13-20-25(23,24)17-10-11-18-16(12-17)4-3-5-19(22)21-18/h6-12,20H,2-5,13H2,1H3,(H,21,22). The largest absolute Gasteiger partial charge is 0.326 e. The quantitative estimate of drug-likeness (QED) is 0.863. The van der Waals surface area contributed by atoms with Gasteiger partial charge in [-0.1, -0.05) is 31.2 Å². The zero-order valence-corrected chi connectivity index (χ0v) is 15.0. The summed E-state index contributed by atoms with van der Waals surface area (Å²) >= 11 is 0. The molecular formula is C19H22N2O3S. The van der Waals surface area contributed by atoms with Gasteiger partial charge in [-0.3, -0.25) is 4.79 Å². The van der Waals surface area contributed by atoms with Crippen molar-refractivity contribution < 1.29 is 13.2 Å². The maximum atomic E-state index is 12.6. The number of hydrogen-bond acceptors (Lipinski definition) is 3. The van der Waals surface area contributed by atoms with E-state index in [0.717, 1.165) is 24.0 Å². The van der Waals surface area contributed by atoms with Gasteiger partial charge in [-0.2, -0.15) is 0 Å². The van der Waals surface area contributed by atoms with E-state index < -0.39 is 10.0 Å². The van der Waals surface area contributed by atoms with Gasteiger partial charge in [-0.15, -0.1) is 0 Å². The predicted molar refractivity (Wildman–Crippen MR) is 97.9 cm³/mol. The molecule has 1 amide bonds. The van der Waals surface area contributed by atoms with E-state index in [-0.39, 0.29) is 17.3 Å². The Morgan fingerprint density at radius 3 is 2.48 bits per heavy atom. The first kappa shape index (κ1) is 17.6. The van der Waals surface area contributed by atoms with Crippen molar-refractivity contribution in [3.63, 3.8) is 0 Å². The Hall–Kier alpha value is -2.18. The Balaban J connectivity index is 1.75. The molecule has 2 aromatic carbocycles. The number of hydrogen-bond donors (Lipinski definition) is 2. The van der Waals surface area contributed by atoms with Crippen LogP contribution in [0.4, 0.5) is 5.69 Å². The lowest BCUT2D eigenvalue weighted by molar-refractivity contribution is -0.116. The smallest absolute Gasteiger partial charge is 0.240 e. The van der Waals surface area contributed by atoms with Crippen molar-refractivity contribution in [3.8, 4) is 0 Å². The number of nitrogens with one attached hydrogen (secondary N) is 2. The fraction of sp³-hybridized carbons (Fsp3) is 0.316. The zero-order chi connectivity index (χ0) is 17.9. The molecule has 6 heteroatoms. The van der Waals surface area contributed by atoms with Crippen LogP contribution in [0.1, 0.15) is 36.5 Å². The molecule has 0 saturated carbocycles. The molecule has 0 radical (unpaired) electrons. The molecule has 0 spiro atoms. The Kier molecular flexibility index (Phi) is 5.20. The molecule has 3 rings (SSSR count). The normalized spacial score (nSPS) is 14.5. The van der Waals surface area contributed by atoms with Crippen molar-refractivity contribution in [2.24, 2.45) is 0 Å². The summed E-state index contributed by atoms with van der Waals surface area (Å²) in [5, 5.41) is 2.82. The van der Waals surface area contributed by atoms with Crippen molar-refractivity contribution in [1.82, 2.24) is 4.72 Å². The average molecular weight is 358 g/mol. The zero-order valence-electron chi connectivity index (χ0n) is 14.2. The van der Waals surface area contributed by atoms with Gasteiger partial charge in [0.05, 0.1) is 4.90 Å². The summed E-state index contributed by atoms with van der Waals surface area (Å²) in [7, 11) is -3.60. The summed E-state index contributed by atoms with van der Waals surface area (Å²) in [5.74, 6) is -0.0250. The first-order chi connectivity index (χ1) is 12.0. The van der Waals surface area contributed by atoms with E-state index in [2.05, 4.69) is 17.0 Å². The number of rotatable bonds is 5. The number of sulfonamides is 1. The summed E-state index contributed by atoms with van der Waals surface area (Å²) in [4.78, 5) is 11.8. The Bertz CT molecular complexity index is 874. The van der Waals surface area contributed by atoms with Crippen LogP contribution in [0.25, 0.3) is 0 Å². The molecule has 2 aromatic rings. The van der Waals surface area contributed by atoms with Gasteiger partial charge in [0.25, 0.3) is 0 Å².